The standard InChI is InChI=1S/C15H24N2O/c1-12(2)13-3-5-14(6-4-13)15(11-18)17-9-7-16-8-10-17/h3-6,12,15-16,18H,7-11H2,1-2H3. The van der Waals surface area contributed by atoms with E-state index in [1.54, 1.807) is 0 Å². The maximum Gasteiger partial charge on any atom is 0.0628 e. The molecule has 1 unspecified atom stereocenters. The van der Waals surface area contributed by atoms with Crippen molar-refractivity contribution in [1.29, 1.82) is 0 Å². The van der Waals surface area contributed by atoms with E-state index in [0.29, 0.717) is 5.92 Å². The topological polar surface area (TPSA) is 35.5 Å². The normalized spacial score (nSPS) is 19.1. The molecule has 2 rings (SSSR count). The second-order valence-electron chi connectivity index (χ2n) is 5.31. The van der Waals surface area contributed by atoms with E-state index in [9.17, 15) is 5.11 Å². The van der Waals surface area contributed by atoms with Crippen LogP contribution in [-0.4, -0.2) is 42.8 Å². The van der Waals surface area contributed by atoms with Gasteiger partial charge in [0.1, 0.15) is 0 Å². The first-order valence-corrected chi connectivity index (χ1v) is 6.88. The van der Waals surface area contributed by atoms with Gasteiger partial charge in [0.15, 0.2) is 0 Å². The van der Waals surface area contributed by atoms with Crippen LogP contribution in [0.15, 0.2) is 24.3 Å². The number of hydrogen-bond donors (Lipinski definition) is 2. The van der Waals surface area contributed by atoms with E-state index in [1.165, 1.54) is 11.1 Å². The van der Waals surface area contributed by atoms with Crippen molar-refractivity contribution in [3.63, 3.8) is 0 Å². The summed E-state index contributed by atoms with van der Waals surface area (Å²) in [5.74, 6) is 0.561. The lowest BCUT2D eigenvalue weighted by Gasteiger charge is -2.34. The fourth-order valence-electron chi connectivity index (χ4n) is 2.53. The van der Waals surface area contributed by atoms with E-state index in [4.69, 9.17) is 0 Å². The summed E-state index contributed by atoms with van der Waals surface area (Å²) >= 11 is 0. The molecular formula is C15H24N2O. The van der Waals surface area contributed by atoms with Crippen LogP contribution in [0.4, 0.5) is 0 Å². The number of hydrogen-bond acceptors (Lipinski definition) is 3. The van der Waals surface area contributed by atoms with Crippen LogP contribution in [0.25, 0.3) is 0 Å². The highest BCUT2D eigenvalue weighted by Gasteiger charge is 2.21. The largest absolute Gasteiger partial charge is 0.394 e. The fourth-order valence-corrected chi connectivity index (χ4v) is 2.53. The summed E-state index contributed by atoms with van der Waals surface area (Å²) in [6.07, 6.45) is 0. The number of aliphatic hydroxyl groups is 1. The molecule has 100 valence electrons. The Labute approximate surface area is 110 Å². The number of benzene rings is 1. The van der Waals surface area contributed by atoms with Crippen molar-refractivity contribution >= 4 is 0 Å². The molecule has 0 aromatic heterocycles. The van der Waals surface area contributed by atoms with Gasteiger partial charge in [0.2, 0.25) is 0 Å². The Kier molecular flexibility index (Phi) is 4.75. The van der Waals surface area contributed by atoms with Gasteiger partial charge in [-0.15, -0.1) is 0 Å². The van der Waals surface area contributed by atoms with Crippen molar-refractivity contribution in [2.75, 3.05) is 32.8 Å². The highest BCUT2D eigenvalue weighted by molar-refractivity contribution is 5.27. The average Bonchev–Trinajstić information content (AvgIpc) is 2.41. The molecule has 0 spiro atoms. The van der Waals surface area contributed by atoms with Crippen LogP contribution < -0.4 is 5.32 Å². The van der Waals surface area contributed by atoms with Crippen LogP contribution in [-0.2, 0) is 0 Å². The van der Waals surface area contributed by atoms with Gasteiger partial charge in [0.25, 0.3) is 0 Å². The first-order valence-electron chi connectivity index (χ1n) is 6.88. The molecule has 1 aromatic rings. The molecule has 18 heavy (non-hydrogen) atoms. The predicted octanol–water partition coefficient (Wildman–Crippen LogP) is 1.75. The minimum absolute atomic E-state index is 0.147. The molecule has 1 fully saturated rings. The SMILES string of the molecule is CC(C)c1ccc(C(CO)N2CCNCC2)cc1. The highest BCUT2D eigenvalue weighted by atomic mass is 16.3. The van der Waals surface area contributed by atoms with Crippen LogP contribution in [0.5, 0.6) is 0 Å². The zero-order chi connectivity index (χ0) is 13.0. The van der Waals surface area contributed by atoms with Gasteiger partial charge >= 0.3 is 0 Å². The molecular weight excluding hydrogens is 224 g/mol. The summed E-state index contributed by atoms with van der Waals surface area (Å²) in [5, 5.41) is 13.0. The quantitative estimate of drug-likeness (QED) is 0.852. The monoisotopic (exact) mass is 248 g/mol. The molecule has 1 aliphatic heterocycles. The fraction of sp³-hybridized carbons (Fsp3) is 0.600. The minimum atomic E-state index is 0.147. The highest BCUT2D eigenvalue weighted by Crippen LogP contribution is 2.23. The molecule has 2 N–H and O–H groups in total. The first-order chi connectivity index (χ1) is 8.72. The van der Waals surface area contributed by atoms with E-state index in [1.807, 2.05) is 0 Å². The summed E-state index contributed by atoms with van der Waals surface area (Å²) in [6, 6.07) is 8.85. The molecule has 0 radical (unpaired) electrons. The maximum atomic E-state index is 9.65. The molecule has 0 bridgehead atoms. The molecule has 1 saturated heterocycles. The molecule has 0 amide bonds. The molecule has 0 saturated carbocycles. The van der Waals surface area contributed by atoms with E-state index >= 15 is 0 Å². The Morgan fingerprint density at radius 3 is 2.17 bits per heavy atom. The van der Waals surface area contributed by atoms with Crippen molar-refractivity contribution < 1.29 is 5.11 Å². The van der Waals surface area contributed by atoms with Crippen molar-refractivity contribution in [3.8, 4) is 0 Å². The molecule has 1 aliphatic rings. The Bertz CT molecular complexity index is 355. The maximum absolute atomic E-state index is 9.65. The van der Waals surface area contributed by atoms with Gasteiger partial charge in [-0.05, 0) is 17.0 Å². The van der Waals surface area contributed by atoms with Crippen molar-refractivity contribution in [2.24, 2.45) is 0 Å². The van der Waals surface area contributed by atoms with Crippen LogP contribution >= 0.6 is 0 Å². The average molecular weight is 248 g/mol. The Morgan fingerprint density at radius 2 is 1.67 bits per heavy atom. The minimum Gasteiger partial charge on any atom is -0.394 e. The third kappa shape index (κ3) is 3.10. The van der Waals surface area contributed by atoms with Crippen molar-refractivity contribution in [1.82, 2.24) is 10.2 Å². The van der Waals surface area contributed by atoms with Crippen LogP contribution in [0.1, 0.15) is 36.9 Å². The molecule has 3 nitrogen and oxygen atoms in total. The van der Waals surface area contributed by atoms with Gasteiger partial charge in [-0.1, -0.05) is 38.1 Å². The summed E-state index contributed by atoms with van der Waals surface area (Å²) in [7, 11) is 0. The predicted molar refractivity (Wildman–Crippen MR) is 74.8 cm³/mol. The Balaban J connectivity index is 2.11. The van der Waals surface area contributed by atoms with Gasteiger partial charge in [-0.25, -0.2) is 0 Å². The molecule has 1 atom stereocenters. The Hall–Kier alpha value is -0.900. The van der Waals surface area contributed by atoms with Gasteiger partial charge in [-0.2, -0.15) is 0 Å². The van der Waals surface area contributed by atoms with E-state index in [2.05, 4.69) is 48.3 Å². The van der Waals surface area contributed by atoms with E-state index in [-0.39, 0.29) is 12.6 Å². The third-order valence-corrected chi connectivity index (χ3v) is 3.75. The van der Waals surface area contributed by atoms with E-state index < -0.39 is 0 Å². The van der Waals surface area contributed by atoms with Gasteiger partial charge in [0, 0.05) is 26.2 Å². The lowest BCUT2D eigenvalue weighted by Crippen LogP contribution is -2.46. The second-order valence-corrected chi connectivity index (χ2v) is 5.31. The van der Waals surface area contributed by atoms with E-state index in [0.717, 1.165) is 26.2 Å². The number of piperazine rings is 1. The van der Waals surface area contributed by atoms with Crippen LogP contribution in [0.2, 0.25) is 0 Å². The van der Waals surface area contributed by atoms with Crippen LogP contribution in [0.3, 0.4) is 0 Å². The summed E-state index contributed by atoms with van der Waals surface area (Å²) in [4.78, 5) is 2.36. The smallest absolute Gasteiger partial charge is 0.0628 e. The lowest BCUT2D eigenvalue weighted by molar-refractivity contribution is 0.111. The van der Waals surface area contributed by atoms with Gasteiger partial charge in [-0.3, -0.25) is 4.90 Å². The van der Waals surface area contributed by atoms with Crippen LogP contribution in [0, 0.1) is 0 Å². The Morgan fingerprint density at radius 1 is 1.11 bits per heavy atom. The number of rotatable bonds is 4. The lowest BCUT2D eigenvalue weighted by atomic mass is 9.98. The molecule has 0 aliphatic carbocycles. The molecule has 3 heteroatoms. The number of nitrogens with zero attached hydrogens (tertiary/aromatic N) is 1. The number of aliphatic hydroxyl groups excluding tert-OH is 1. The van der Waals surface area contributed by atoms with Gasteiger partial charge < -0.3 is 10.4 Å². The summed E-state index contributed by atoms with van der Waals surface area (Å²) < 4.78 is 0. The zero-order valence-corrected chi connectivity index (χ0v) is 11.4. The summed E-state index contributed by atoms with van der Waals surface area (Å²) in [5.41, 5.74) is 2.58. The van der Waals surface area contributed by atoms with Gasteiger partial charge in [0.05, 0.1) is 12.6 Å². The first kappa shape index (κ1) is 13.5. The molecule has 1 heterocycles. The second kappa shape index (κ2) is 6.32. The van der Waals surface area contributed by atoms with Crippen molar-refractivity contribution in [2.45, 2.75) is 25.8 Å². The third-order valence-electron chi connectivity index (χ3n) is 3.75. The summed E-state index contributed by atoms with van der Waals surface area (Å²) in [6.45, 7) is 8.65. The zero-order valence-electron chi connectivity index (χ0n) is 11.4. The molecule has 1 aromatic carbocycles. The van der Waals surface area contributed by atoms with Crippen molar-refractivity contribution in [3.05, 3.63) is 35.4 Å². The number of nitrogens with one attached hydrogen (secondary N) is 1.